The van der Waals surface area contributed by atoms with Gasteiger partial charge in [-0.3, -0.25) is 4.79 Å². The van der Waals surface area contributed by atoms with Crippen LogP contribution in [0.1, 0.15) is 18.1 Å². The van der Waals surface area contributed by atoms with Crippen molar-refractivity contribution in [1.29, 1.82) is 5.26 Å². The van der Waals surface area contributed by atoms with Crippen molar-refractivity contribution >= 4 is 27.4 Å². The molecule has 1 fully saturated rings. The smallest absolute Gasteiger partial charge is 0.243 e. The molecule has 9 heteroatoms. The van der Waals surface area contributed by atoms with Gasteiger partial charge in [-0.05, 0) is 36.8 Å². The zero-order valence-corrected chi connectivity index (χ0v) is 16.5. The fourth-order valence-electron chi connectivity index (χ4n) is 3.12. The number of hydrogen-bond donors (Lipinski definition) is 1. The average Bonchev–Trinajstić information content (AvgIpc) is 2.69. The van der Waals surface area contributed by atoms with E-state index in [0.29, 0.717) is 48.8 Å². The number of rotatable bonds is 4. The number of piperazine rings is 1. The molecule has 146 valence electrons. The molecule has 0 radical (unpaired) electrons. The average molecular weight is 399 g/mol. The van der Waals surface area contributed by atoms with E-state index in [1.54, 1.807) is 37.4 Å². The third-order valence-electron chi connectivity index (χ3n) is 4.56. The maximum atomic E-state index is 13.1. The summed E-state index contributed by atoms with van der Waals surface area (Å²) in [5, 5.41) is 11.7. The Hall–Kier alpha value is -2.96. The molecular formula is C19H21N5O3S. The van der Waals surface area contributed by atoms with E-state index < -0.39 is 10.0 Å². The molecule has 1 aromatic heterocycles. The van der Waals surface area contributed by atoms with Gasteiger partial charge in [0.05, 0.1) is 16.5 Å². The van der Waals surface area contributed by atoms with E-state index in [-0.39, 0.29) is 10.8 Å². The van der Waals surface area contributed by atoms with Gasteiger partial charge >= 0.3 is 0 Å². The maximum absolute atomic E-state index is 13.1. The lowest BCUT2D eigenvalue weighted by atomic mass is 10.2. The third kappa shape index (κ3) is 4.13. The minimum Gasteiger partial charge on any atom is -0.354 e. The van der Waals surface area contributed by atoms with Crippen molar-refractivity contribution in [2.75, 3.05) is 36.4 Å². The molecule has 0 saturated carbocycles. The summed E-state index contributed by atoms with van der Waals surface area (Å²) in [6.45, 7) is 4.69. The lowest BCUT2D eigenvalue weighted by Gasteiger charge is -2.35. The lowest BCUT2D eigenvalue weighted by Crippen LogP contribution is -2.49. The molecule has 8 nitrogen and oxygen atoms in total. The van der Waals surface area contributed by atoms with Crippen LogP contribution in [0.2, 0.25) is 0 Å². The highest BCUT2D eigenvalue weighted by molar-refractivity contribution is 7.89. The normalized spacial score (nSPS) is 15.1. The van der Waals surface area contributed by atoms with Crippen LogP contribution in [0.3, 0.4) is 0 Å². The lowest BCUT2D eigenvalue weighted by molar-refractivity contribution is -0.114. The molecule has 0 aliphatic carbocycles. The zero-order valence-electron chi connectivity index (χ0n) is 15.7. The Morgan fingerprint density at radius 3 is 2.54 bits per heavy atom. The number of nitriles is 1. The number of nitrogens with one attached hydrogen (secondary N) is 1. The number of carbonyl (C=O) groups is 1. The summed E-state index contributed by atoms with van der Waals surface area (Å²) in [5.74, 6) is 0.410. The summed E-state index contributed by atoms with van der Waals surface area (Å²) in [6, 6.07) is 10.3. The van der Waals surface area contributed by atoms with E-state index in [1.807, 2.05) is 4.90 Å². The standard InChI is InChI=1S/C19H21N5O3S/c1-14-3-4-17(22-15(2)25)12-18(14)28(26,27)24-9-7-23(8-10-24)19-11-16(13-20)5-6-21-19/h3-6,11-12H,7-10H2,1-2H3,(H,22,25). The van der Waals surface area contributed by atoms with E-state index in [2.05, 4.69) is 16.4 Å². The van der Waals surface area contributed by atoms with Gasteiger partial charge in [0.1, 0.15) is 5.82 Å². The number of pyridine rings is 1. The van der Waals surface area contributed by atoms with Crippen molar-refractivity contribution in [2.45, 2.75) is 18.7 Å². The van der Waals surface area contributed by atoms with Gasteiger partial charge in [-0.1, -0.05) is 6.07 Å². The van der Waals surface area contributed by atoms with Crippen molar-refractivity contribution in [1.82, 2.24) is 9.29 Å². The number of anilines is 2. The number of aryl methyl sites for hydroxylation is 1. The molecule has 1 amide bonds. The SMILES string of the molecule is CC(=O)Nc1ccc(C)c(S(=O)(=O)N2CCN(c3cc(C#N)ccn3)CC2)c1. The quantitative estimate of drug-likeness (QED) is 0.839. The van der Waals surface area contributed by atoms with Crippen LogP contribution in [0.4, 0.5) is 11.5 Å². The fraction of sp³-hybridized carbons (Fsp3) is 0.316. The Labute approximate surface area is 164 Å². The van der Waals surface area contributed by atoms with E-state index in [9.17, 15) is 13.2 Å². The minimum absolute atomic E-state index is 0.191. The number of hydrogen-bond acceptors (Lipinski definition) is 6. The first kappa shape index (κ1) is 19.8. The molecule has 0 spiro atoms. The van der Waals surface area contributed by atoms with E-state index in [4.69, 9.17) is 5.26 Å². The number of aromatic nitrogens is 1. The first-order valence-corrected chi connectivity index (χ1v) is 10.2. The molecule has 0 unspecified atom stereocenters. The van der Waals surface area contributed by atoms with Crippen molar-refractivity contribution in [2.24, 2.45) is 0 Å². The molecule has 3 rings (SSSR count). The molecule has 28 heavy (non-hydrogen) atoms. The van der Waals surface area contributed by atoms with E-state index >= 15 is 0 Å². The largest absolute Gasteiger partial charge is 0.354 e. The van der Waals surface area contributed by atoms with Crippen LogP contribution in [0.25, 0.3) is 0 Å². The van der Waals surface area contributed by atoms with Gasteiger partial charge in [-0.2, -0.15) is 9.57 Å². The Bertz CT molecular complexity index is 1040. The highest BCUT2D eigenvalue weighted by atomic mass is 32.2. The highest BCUT2D eigenvalue weighted by Crippen LogP contribution is 2.25. The van der Waals surface area contributed by atoms with Crippen LogP contribution >= 0.6 is 0 Å². The van der Waals surface area contributed by atoms with Crippen LogP contribution < -0.4 is 10.2 Å². The Morgan fingerprint density at radius 1 is 1.18 bits per heavy atom. The summed E-state index contributed by atoms with van der Waals surface area (Å²) in [4.78, 5) is 17.7. The second kappa shape index (κ2) is 7.96. The number of sulfonamides is 1. The van der Waals surface area contributed by atoms with Gasteiger partial charge in [-0.25, -0.2) is 13.4 Å². The first-order chi connectivity index (χ1) is 13.3. The summed E-state index contributed by atoms with van der Waals surface area (Å²) in [5.41, 5.74) is 1.60. The molecule has 1 aliphatic heterocycles. The minimum atomic E-state index is -3.69. The predicted molar refractivity (Wildman–Crippen MR) is 105 cm³/mol. The number of amides is 1. The van der Waals surface area contributed by atoms with E-state index in [1.165, 1.54) is 17.3 Å². The third-order valence-corrected chi connectivity index (χ3v) is 6.60. The highest BCUT2D eigenvalue weighted by Gasteiger charge is 2.30. The number of benzene rings is 1. The Morgan fingerprint density at radius 2 is 1.89 bits per heavy atom. The number of nitrogens with zero attached hydrogens (tertiary/aromatic N) is 4. The fourth-order valence-corrected chi connectivity index (χ4v) is 4.79. The molecule has 1 N–H and O–H groups in total. The topological polar surface area (TPSA) is 106 Å². The van der Waals surface area contributed by atoms with Crippen LogP contribution in [-0.2, 0) is 14.8 Å². The van der Waals surface area contributed by atoms with Crippen molar-refractivity contribution < 1.29 is 13.2 Å². The molecule has 0 atom stereocenters. The van der Waals surface area contributed by atoms with Crippen LogP contribution in [0, 0.1) is 18.3 Å². The van der Waals surface area contributed by atoms with Gasteiger partial charge < -0.3 is 10.2 Å². The molecular weight excluding hydrogens is 378 g/mol. The van der Waals surface area contributed by atoms with Crippen molar-refractivity contribution in [3.05, 3.63) is 47.7 Å². The second-order valence-electron chi connectivity index (χ2n) is 6.57. The zero-order chi connectivity index (χ0) is 20.3. The van der Waals surface area contributed by atoms with Crippen LogP contribution in [-0.4, -0.2) is 49.8 Å². The van der Waals surface area contributed by atoms with Gasteiger partial charge in [-0.15, -0.1) is 0 Å². The molecule has 1 aliphatic rings. The predicted octanol–water partition coefficient (Wildman–Crippen LogP) is 1.73. The van der Waals surface area contributed by atoms with Crippen molar-refractivity contribution in [3.63, 3.8) is 0 Å². The Balaban J connectivity index is 1.78. The van der Waals surface area contributed by atoms with Gasteiger partial charge in [0, 0.05) is 45.0 Å². The summed E-state index contributed by atoms with van der Waals surface area (Å²) >= 11 is 0. The first-order valence-electron chi connectivity index (χ1n) is 8.81. The molecule has 1 aromatic carbocycles. The summed E-state index contributed by atoms with van der Waals surface area (Å²) < 4.78 is 27.7. The molecule has 2 heterocycles. The van der Waals surface area contributed by atoms with E-state index in [0.717, 1.165) is 0 Å². The molecule has 0 bridgehead atoms. The van der Waals surface area contributed by atoms with Gasteiger partial charge in [0.15, 0.2) is 0 Å². The van der Waals surface area contributed by atoms with Crippen LogP contribution in [0.5, 0.6) is 0 Å². The maximum Gasteiger partial charge on any atom is 0.243 e. The second-order valence-corrected chi connectivity index (χ2v) is 8.47. The summed E-state index contributed by atoms with van der Waals surface area (Å²) in [7, 11) is -3.69. The number of carbonyl (C=O) groups excluding carboxylic acids is 1. The van der Waals surface area contributed by atoms with Crippen LogP contribution in [0.15, 0.2) is 41.4 Å². The Kier molecular flexibility index (Phi) is 5.63. The molecule has 1 saturated heterocycles. The summed E-state index contributed by atoms with van der Waals surface area (Å²) in [6.07, 6.45) is 1.58. The van der Waals surface area contributed by atoms with Crippen molar-refractivity contribution in [3.8, 4) is 6.07 Å². The van der Waals surface area contributed by atoms with Gasteiger partial charge in [0.25, 0.3) is 0 Å². The monoisotopic (exact) mass is 399 g/mol. The molecule has 2 aromatic rings. The van der Waals surface area contributed by atoms with Gasteiger partial charge in [0.2, 0.25) is 15.9 Å².